The maximum Gasteiger partial charge on any atom is 0.319 e. The molecular formula is C15H16Cl2N2O4. The molecule has 0 unspecified atom stereocenters. The van der Waals surface area contributed by atoms with Gasteiger partial charge in [-0.1, -0.05) is 35.8 Å². The Hall–Kier alpha value is -1.76. The molecule has 0 spiro atoms. The smallest absolute Gasteiger partial charge is 0.319 e. The van der Waals surface area contributed by atoms with Crippen LogP contribution in [0.15, 0.2) is 30.5 Å². The summed E-state index contributed by atoms with van der Waals surface area (Å²) in [5.41, 5.74) is 0.665. The summed E-state index contributed by atoms with van der Waals surface area (Å²) in [6.45, 7) is 4.10. The predicted molar refractivity (Wildman–Crippen MR) is 86.3 cm³/mol. The molecule has 2 N–H and O–H groups in total. The Bertz CT molecular complexity index is 616. The van der Waals surface area contributed by atoms with Crippen LogP contribution in [0, 0.1) is 5.92 Å². The summed E-state index contributed by atoms with van der Waals surface area (Å²) in [4.78, 5) is 24.1. The van der Waals surface area contributed by atoms with Crippen molar-refractivity contribution >= 4 is 35.2 Å². The molecule has 2 amide bonds. The largest absolute Gasteiger partial charge is 0.463 e. The van der Waals surface area contributed by atoms with Crippen molar-refractivity contribution in [1.29, 1.82) is 0 Å². The summed E-state index contributed by atoms with van der Waals surface area (Å²) in [6, 6.07) is 3.68. The highest BCUT2D eigenvalue weighted by Crippen LogP contribution is 2.38. The number of urea groups is 1. The molecule has 6 nitrogen and oxygen atoms in total. The van der Waals surface area contributed by atoms with E-state index in [9.17, 15) is 9.59 Å². The third kappa shape index (κ3) is 3.96. The third-order valence-electron chi connectivity index (χ3n) is 3.37. The number of hydrogen-bond acceptors (Lipinski definition) is 4. The van der Waals surface area contributed by atoms with Crippen molar-refractivity contribution in [2.45, 2.75) is 6.04 Å². The van der Waals surface area contributed by atoms with E-state index in [1.165, 1.54) is 7.11 Å². The number of hydrogen-bond donors (Lipinski definition) is 2. The zero-order valence-corrected chi connectivity index (χ0v) is 13.9. The fourth-order valence-corrected chi connectivity index (χ4v) is 2.96. The Morgan fingerprint density at radius 1 is 1.30 bits per heavy atom. The number of halogens is 2. The first kappa shape index (κ1) is 17.6. The van der Waals surface area contributed by atoms with Crippen molar-refractivity contribution in [2.24, 2.45) is 5.92 Å². The number of benzene rings is 1. The second kappa shape index (κ2) is 7.68. The minimum atomic E-state index is -0.859. The number of esters is 1. The minimum absolute atomic E-state index is 0.0933. The van der Waals surface area contributed by atoms with Gasteiger partial charge in [0.15, 0.2) is 0 Å². The first-order valence-electron chi connectivity index (χ1n) is 6.81. The maximum absolute atomic E-state index is 12.4. The summed E-state index contributed by atoms with van der Waals surface area (Å²) in [5, 5.41) is 5.81. The van der Waals surface area contributed by atoms with Crippen molar-refractivity contribution < 1.29 is 19.1 Å². The van der Waals surface area contributed by atoms with E-state index in [0.717, 1.165) is 0 Å². The number of amides is 2. The van der Waals surface area contributed by atoms with Crippen LogP contribution in [0.2, 0.25) is 10.0 Å². The number of rotatable bonds is 5. The van der Waals surface area contributed by atoms with Crippen LogP contribution in [0.25, 0.3) is 0 Å². The standard InChI is InChI=1S/C15H16Cl2N2O4/c1-8-11(14(20)23-7-6-22-2)13(19-15(21)18-8)12-9(16)4-3-5-10(12)17/h3-5,11,13H,1,6-7H2,2H3,(H2,18,19,21)/t11-,13-/m1/s1. The summed E-state index contributed by atoms with van der Waals surface area (Å²) in [7, 11) is 1.50. The van der Waals surface area contributed by atoms with E-state index >= 15 is 0 Å². The van der Waals surface area contributed by atoms with Gasteiger partial charge in [-0.05, 0) is 12.1 Å². The molecule has 2 rings (SSSR count). The van der Waals surface area contributed by atoms with E-state index in [-0.39, 0.29) is 18.9 Å². The van der Waals surface area contributed by atoms with Crippen molar-refractivity contribution in [3.63, 3.8) is 0 Å². The lowest BCUT2D eigenvalue weighted by Gasteiger charge is -2.34. The van der Waals surface area contributed by atoms with E-state index in [1.807, 2.05) is 0 Å². The number of carbonyl (C=O) groups excluding carboxylic acids is 2. The van der Waals surface area contributed by atoms with Crippen LogP contribution in [0.3, 0.4) is 0 Å². The molecule has 1 heterocycles. The van der Waals surface area contributed by atoms with Gasteiger partial charge in [0, 0.05) is 28.4 Å². The Labute approximate surface area is 143 Å². The molecule has 8 heteroatoms. The lowest BCUT2D eigenvalue weighted by molar-refractivity contribution is -0.149. The quantitative estimate of drug-likeness (QED) is 0.626. The Morgan fingerprint density at radius 3 is 2.57 bits per heavy atom. The number of ether oxygens (including phenoxy) is 2. The highest BCUT2D eigenvalue weighted by Gasteiger charge is 2.40. The van der Waals surface area contributed by atoms with Crippen LogP contribution in [0.1, 0.15) is 11.6 Å². The molecule has 2 atom stereocenters. The van der Waals surface area contributed by atoms with Gasteiger partial charge in [0.1, 0.15) is 12.5 Å². The maximum atomic E-state index is 12.4. The molecule has 0 saturated carbocycles. The van der Waals surface area contributed by atoms with Gasteiger partial charge in [-0.3, -0.25) is 4.79 Å². The first-order chi connectivity index (χ1) is 11.0. The van der Waals surface area contributed by atoms with Gasteiger partial charge in [0.05, 0.1) is 12.6 Å². The molecular weight excluding hydrogens is 343 g/mol. The highest BCUT2D eigenvalue weighted by atomic mass is 35.5. The lowest BCUT2D eigenvalue weighted by atomic mass is 9.89. The minimum Gasteiger partial charge on any atom is -0.463 e. The summed E-state index contributed by atoms with van der Waals surface area (Å²) in [6.07, 6.45) is 0. The molecule has 0 aliphatic carbocycles. The Balaban J connectivity index is 2.34. The number of carbonyl (C=O) groups is 2. The molecule has 1 saturated heterocycles. The van der Waals surface area contributed by atoms with Crippen molar-refractivity contribution in [1.82, 2.24) is 10.6 Å². The molecule has 23 heavy (non-hydrogen) atoms. The second-order valence-electron chi connectivity index (χ2n) is 4.87. The van der Waals surface area contributed by atoms with E-state index < -0.39 is 24.0 Å². The van der Waals surface area contributed by atoms with Gasteiger partial charge >= 0.3 is 12.0 Å². The molecule has 1 aliphatic rings. The number of methoxy groups -OCH3 is 1. The molecule has 0 bridgehead atoms. The molecule has 1 aliphatic heterocycles. The molecule has 0 aromatic heterocycles. The van der Waals surface area contributed by atoms with Gasteiger partial charge in [-0.15, -0.1) is 0 Å². The zero-order valence-electron chi connectivity index (χ0n) is 12.4. The SMILES string of the molecule is C=C1NC(=O)N[C@@H](c2c(Cl)cccc2Cl)[C@@H]1C(=O)OCCOC. The average Bonchev–Trinajstić information content (AvgIpc) is 2.46. The van der Waals surface area contributed by atoms with Gasteiger partial charge in [-0.2, -0.15) is 0 Å². The van der Waals surface area contributed by atoms with Gasteiger partial charge < -0.3 is 20.1 Å². The van der Waals surface area contributed by atoms with Gasteiger partial charge in [0.25, 0.3) is 0 Å². The average molecular weight is 359 g/mol. The van der Waals surface area contributed by atoms with E-state index in [0.29, 0.717) is 15.6 Å². The van der Waals surface area contributed by atoms with Crippen LogP contribution in [-0.2, 0) is 14.3 Å². The summed E-state index contributed by atoms with van der Waals surface area (Å²) >= 11 is 12.4. The monoisotopic (exact) mass is 358 g/mol. The first-order valence-corrected chi connectivity index (χ1v) is 7.57. The van der Waals surface area contributed by atoms with Crippen LogP contribution in [0.4, 0.5) is 4.79 Å². The summed E-state index contributed by atoms with van der Waals surface area (Å²) < 4.78 is 10.0. The molecule has 124 valence electrons. The van der Waals surface area contributed by atoms with Crippen LogP contribution in [-0.4, -0.2) is 32.3 Å². The van der Waals surface area contributed by atoms with E-state index in [1.54, 1.807) is 18.2 Å². The van der Waals surface area contributed by atoms with Gasteiger partial charge in [-0.25, -0.2) is 4.79 Å². The van der Waals surface area contributed by atoms with E-state index in [4.69, 9.17) is 32.7 Å². The highest BCUT2D eigenvalue weighted by molar-refractivity contribution is 6.36. The second-order valence-corrected chi connectivity index (χ2v) is 5.69. The van der Waals surface area contributed by atoms with E-state index in [2.05, 4.69) is 17.2 Å². The van der Waals surface area contributed by atoms with Crippen molar-refractivity contribution in [3.8, 4) is 0 Å². The van der Waals surface area contributed by atoms with Crippen molar-refractivity contribution in [2.75, 3.05) is 20.3 Å². The number of nitrogens with one attached hydrogen (secondary N) is 2. The van der Waals surface area contributed by atoms with Crippen LogP contribution >= 0.6 is 23.2 Å². The van der Waals surface area contributed by atoms with Crippen LogP contribution < -0.4 is 10.6 Å². The molecule has 1 aromatic rings. The van der Waals surface area contributed by atoms with Crippen LogP contribution in [0.5, 0.6) is 0 Å². The topological polar surface area (TPSA) is 76.7 Å². The Kier molecular flexibility index (Phi) is 5.87. The zero-order chi connectivity index (χ0) is 17.0. The normalized spacial score (nSPS) is 20.7. The predicted octanol–water partition coefficient (Wildman–Crippen LogP) is 2.67. The summed E-state index contributed by atoms with van der Waals surface area (Å²) in [5.74, 6) is -1.41. The Morgan fingerprint density at radius 2 is 1.96 bits per heavy atom. The molecule has 1 aromatic carbocycles. The molecule has 0 radical (unpaired) electrons. The van der Waals surface area contributed by atoms with Crippen molar-refractivity contribution in [3.05, 3.63) is 46.1 Å². The third-order valence-corrected chi connectivity index (χ3v) is 4.03. The lowest BCUT2D eigenvalue weighted by Crippen LogP contribution is -2.51. The fraction of sp³-hybridized carbons (Fsp3) is 0.333. The molecule has 1 fully saturated rings. The van der Waals surface area contributed by atoms with Gasteiger partial charge in [0.2, 0.25) is 0 Å². The fourth-order valence-electron chi connectivity index (χ4n) is 2.33.